The number of carbonyl (C=O) groups is 1. The molecule has 5 nitrogen and oxygen atoms in total. The van der Waals surface area contributed by atoms with Gasteiger partial charge in [-0.2, -0.15) is 5.10 Å². The summed E-state index contributed by atoms with van der Waals surface area (Å²) in [6, 6.07) is 13.2. The molecule has 2 heterocycles. The second-order valence-corrected chi connectivity index (χ2v) is 4.63. The number of amides is 1. The number of rotatable bonds is 4. The Bertz CT molecular complexity index is 723. The summed E-state index contributed by atoms with van der Waals surface area (Å²) < 4.78 is 0. The van der Waals surface area contributed by atoms with Gasteiger partial charge >= 0.3 is 0 Å². The zero-order valence-electron chi connectivity index (χ0n) is 11.3. The van der Waals surface area contributed by atoms with Gasteiger partial charge in [-0.1, -0.05) is 12.1 Å². The summed E-state index contributed by atoms with van der Waals surface area (Å²) in [5, 5.41) is 9.73. The number of hydrogen-bond donors (Lipinski definition) is 2. The van der Waals surface area contributed by atoms with Gasteiger partial charge in [0.25, 0.3) is 0 Å². The lowest BCUT2D eigenvalue weighted by Gasteiger charge is -2.07. The van der Waals surface area contributed by atoms with Crippen LogP contribution in [0, 0.1) is 0 Å². The zero-order chi connectivity index (χ0) is 14.5. The Morgan fingerprint density at radius 2 is 1.95 bits per heavy atom. The zero-order valence-corrected chi connectivity index (χ0v) is 11.3. The highest BCUT2D eigenvalue weighted by atomic mass is 16.1. The molecule has 1 amide bonds. The molecule has 0 saturated carbocycles. The number of aromatic amines is 1. The first-order valence-corrected chi connectivity index (χ1v) is 6.60. The fraction of sp³-hybridized carbons (Fsp3) is 0.0625. The van der Waals surface area contributed by atoms with Crippen molar-refractivity contribution in [1.82, 2.24) is 15.2 Å². The van der Waals surface area contributed by atoms with Crippen molar-refractivity contribution in [1.29, 1.82) is 0 Å². The third-order valence-electron chi connectivity index (χ3n) is 3.07. The van der Waals surface area contributed by atoms with Crippen molar-refractivity contribution >= 4 is 11.6 Å². The third-order valence-corrected chi connectivity index (χ3v) is 3.07. The van der Waals surface area contributed by atoms with Crippen LogP contribution in [0.1, 0.15) is 5.56 Å². The lowest BCUT2D eigenvalue weighted by Crippen LogP contribution is -2.14. The number of nitrogens with zero attached hydrogens (tertiary/aromatic N) is 2. The van der Waals surface area contributed by atoms with E-state index in [1.165, 1.54) is 0 Å². The molecule has 2 N–H and O–H groups in total. The minimum absolute atomic E-state index is 0.0528. The van der Waals surface area contributed by atoms with Gasteiger partial charge in [-0.15, -0.1) is 0 Å². The van der Waals surface area contributed by atoms with E-state index in [2.05, 4.69) is 20.5 Å². The molecule has 0 aliphatic heterocycles. The van der Waals surface area contributed by atoms with Gasteiger partial charge in [0.2, 0.25) is 5.91 Å². The maximum Gasteiger partial charge on any atom is 0.228 e. The molecular formula is C16H14N4O. The Morgan fingerprint density at radius 3 is 2.71 bits per heavy atom. The second kappa shape index (κ2) is 6.00. The van der Waals surface area contributed by atoms with Crippen LogP contribution in [0.5, 0.6) is 0 Å². The first-order valence-electron chi connectivity index (χ1n) is 6.60. The molecule has 3 rings (SSSR count). The average Bonchev–Trinajstić information content (AvgIpc) is 3.02. The predicted octanol–water partition coefficient (Wildman–Crippen LogP) is 2.65. The van der Waals surface area contributed by atoms with Crippen LogP contribution in [-0.4, -0.2) is 21.1 Å². The van der Waals surface area contributed by atoms with E-state index in [4.69, 9.17) is 0 Å². The number of hydrogen-bond acceptors (Lipinski definition) is 3. The van der Waals surface area contributed by atoms with Crippen molar-refractivity contribution in [3.63, 3.8) is 0 Å². The van der Waals surface area contributed by atoms with Gasteiger partial charge in [-0.05, 0) is 35.9 Å². The molecule has 0 saturated heterocycles. The first kappa shape index (κ1) is 13.1. The van der Waals surface area contributed by atoms with Crippen LogP contribution in [0.2, 0.25) is 0 Å². The van der Waals surface area contributed by atoms with E-state index in [1.807, 2.05) is 42.5 Å². The van der Waals surface area contributed by atoms with E-state index < -0.39 is 0 Å². The van der Waals surface area contributed by atoms with Gasteiger partial charge in [0.15, 0.2) is 0 Å². The highest BCUT2D eigenvalue weighted by Crippen LogP contribution is 2.20. The van der Waals surface area contributed by atoms with Gasteiger partial charge in [0.05, 0.1) is 12.1 Å². The van der Waals surface area contributed by atoms with Crippen LogP contribution in [0.3, 0.4) is 0 Å². The van der Waals surface area contributed by atoms with E-state index in [0.29, 0.717) is 6.42 Å². The predicted molar refractivity (Wildman–Crippen MR) is 80.6 cm³/mol. The van der Waals surface area contributed by atoms with Crippen molar-refractivity contribution in [3.05, 3.63) is 66.6 Å². The van der Waals surface area contributed by atoms with Gasteiger partial charge in [-0.25, -0.2) is 0 Å². The Morgan fingerprint density at radius 1 is 1.10 bits per heavy atom. The maximum absolute atomic E-state index is 12.0. The van der Waals surface area contributed by atoms with Crippen LogP contribution in [0.25, 0.3) is 11.3 Å². The van der Waals surface area contributed by atoms with Gasteiger partial charge < -0.3 is 5.32 Å². The summed E-state index contributed by atoms with van der Waals surface area (Å²) in [4.78, 5) is 16.0. The van der Waals surface area contributed by atoms with Crippen molar-refractivity contribution < 1.29 is 4.79 Å². The molecule has 2 aromatic heterocycles. The Hall–Kier alpha value is -2.95. The van der Waals surface area contributed by atoms with E-state index >= 15 is 0 Å². The standard InChI is InChI=1S/C16H14N4O/c21-16(10-12-4-7-17-8-5-12)19-14-3-1-2-13(11-14)15-6-9-18-20-15/h1-9,11H,10H2,(H,18,20)(H,19,21). The van der Waals surface area contributed by atoms with Gasteiger partial charge in [-0.3, -0.25) is 14.9 Å². The van der Waals surface area contributed by atoms with Crippen LogP contribution < -0.4 is 5.32 Å². The topological polar surface area (TPSA) is 70.7 Å². The molecule has 104 valence electrons. The first-order chi connectivity index (χ1) is 10.3. The summed E-state index contributed by atoms with van der Waals surface area (Å²) in [6.45, 7) is 0. The van der Waals surface area contributed by atoms with E-state index in [-0.39, 0.29) is 5.91 Å². The number of carbonyl (C=O) groups excluding carboxylic acids is 1. The summed E-state index contributed by atoms with van der Waals surface area (Å²) >= 11 is 0. The Kier molecular flexibility index (Phi) is 3.73. The molecule has 0 aliphatic rings. The molecule has 0 radical (unpaired) electrons. The SMILES string of the molecule is O=C(Cc1ccncc1)Nc1cccc(-c2ccn[nH]2)c1. The van der Waals surface area contributed by atoms with Crippen molar-refractivity contribution in [3.8, 4) is 11.3 Å². The quantitative estimate of drug-likeness (QED) is 0.770. The molecule has 0 unspecified atom stereocenters. The van der Waals surface area contributed by atoms with Crippen LogP contribution in [0.4, 0.5) is 5.69 Å². The Labute approximate surface area is 122 Å². The number of benzene rings is 1. The number of aromatic nitrogens is 3. The molecule has 0 atom stereocenters. The molecular weight excluding hydrogens is 264 g/mol. The second-order valence-electron chi connectivity index (χ2n) is 4.63. The molecule has 0 aliphatic carbocycles. The van der Waals surface area contributed by atoms with E-state index in [1.54, 1.807) is 18.6 Å². The molecule has 0 bridgehead atoms. The summed E-state index contributed by atoms with van der Waals surface area (Å²) in [6.07, 6.45) is 5.39. The lowest BCUT2D eigenvalue weighted by atomic mass is 10.1. The molecule has 5 heteroatoms. The number of pyridine rings is 1. The van der Waals surface area contributed by atoms with Crippen LogP contribution in [-0.2, 0) is 11.2 Å². The van der Waals surface area contributed by atoms with Crippen molar-refractivity contribution in [2.45, 2.75) is 6.42 Å². The Balaban J connectivity index is 1.70. The lowest BCUT2D eigenvalue weighted by molar-refractivity contribution is -0.115. The van der Waals surface area contributed by atoms with E-state index in [0.717, 1.165) is 22.5 Å². The average molecular weight is 278 g/mol. The van der Waals surface area contributed by atoms with Crippen LogP contribution in [0.15, 0.2) is 61.1 Å². The summed E-state index contributed by atoms with van der Waals surface area (Å²) in [5.74, 6) is -0.0528. The van der Waals surface area contributed by atoms with Crippen molar-refractivity contribution in [2.75, 3.05) is 5.32 Å². The highest BCUT2D eigenvalue weighted by molar-refractivity contribution is 5.92. The summed E-state index contributed by atoms with van der Waals surface area (Å²) in [5.41, 5.74) is 3.60. The third kappa shape index (κ3) is 3.33. The van der Waals surface area contributed by atoms with Gasteiger partial charge in [0.1, 0.15) is 0 Å². The monoisotopic (exact) mass is 278 g/mol. The highest BCUT2D eigenvalue weighted by Gasteiger charge is 2.05. The van der Waals surface area contributed by atoms with Gasteiger partial charge in [0, 0.05) is 29.8 Å². The molecule has 0 spiro atoms. The fourth-order valence-corrected chi connectivity index (χ4v) is 2.07. The van der Waals surface area contributed by atoms with Crippen molar-refractivity contribution in [2.24, 2.45) is 0 Å². The molecule has 0 fully saturated rings. The minimum atomic E-state index is -0.0528. The minimum Gasteiger partial charge on any atom is -0.326 e. The molecule has 21 heavy (non-hydrogen) atoms. The normalized spacial score (nSPS) is 10.3. The molecule has 3 aromatic rings. The smallest absolute Gasteiger partial charge is 0.228 e. The fourth-order valence-electron chi connectivity index (χ4n) is 2.07. The number of H-pyrrole nitrogens is 1. The van der Waals surface area contributed by atoms with E-state index in [9.17, 15) is 4.79 Å². The summed E-state index contributed by atoms with van der Waals surface area (Å²) in [7, 11) is 0. The molecule has 1 aromatic carbocycles. The number of anilines is 1. The maximum atomic E-state index is 12.0. The number of nitrogens with one attached hydrogen (secondary N) is 2. The van der Waals surface area contributed by atoms with Crippen LogP contribution >= 0.6 is 0 Å². The largest absolute Gasteiger partial charge is 0.326 e.